The van der Waals surface area contributed by atoms with Crippen molar-refractivity contribution < 1.29 is 4.79 Å². The summed E-state index contributed by atoms with van der Waals surface area (Å²) in [6, 6.07) is 0.144. The Hall–Kier alpha value is -1.03. The topological polar surface area (TPSA) is 46.9 Å². The highest BCUT2D eigenvalue weighted by Gasteiger charge is 2.14. The molecule has 0 fully saturated rings. The van der Waals surface area contributed by atoms with Crippen LogP contribution in [0.3, 0.4) is 0 Å². The molecule has 0 aromatic carbocycles. The van der Waals surface area contributed by atoms with Crippen LogP contribution < -0.4 is 5.32 Å². The number of carbonyl (C=O) groups is 1. The fourth-order valence-electron chi connectivity index (χ4n) is 1.48. The summed E-state index contributed by atoms with van der Waals surface area (Å²) in [6.45, 7) is 3.86. The molecule has 90 valence electrons. The summed E-state index contributed by atoms with van der Waals surface area (Å²) in [5.74, 6) is 0.569. The van der Waals surface area contributed by atoms with Gasteiger partial charge in [-0.1, -0.05) is 0 Å². The Bertz CT molecular complexity index is 362. The Morgan fingerprint density at radius 1 is 1.69 bits per heavy atom. The zero-order valence-corrected chi connectivity index (χ0v) is 10.7. The average molecular weight is 244 g/mol. The summed E-state index contributed by atoms with van der Waals surface area (Å²) >= 11 is 5.60. The van der Waals surface area contributed by atoms with Crippen molar-refractivity contribution in [3.63, 3.8) is 0 Å². The number of rotatable bonds is 5. The van der Waals surface area contributed by atoms with E-state index in [2.05, 4.69) is 10.4 Å². The largest absolute Gasteiger partial charge is 0.349 e. The van der Waals surface area contributed by atoms with Gasteiger partial charge in [-0.15, -0.1) is 11.6 Å². The van der Waals surface area contributed by atoms with Crippen LogP contribution in [0.2, 0.25) is 0 Å². The van der Waals surface area contributed by atoms with Crippen molar-refractivity contribution in [3.8, 4) is 0 Å². The number of hydrogen-bond donors (Lipinski definition) is 1. The van der Waals surface area contributed by atoms with E-state index in [1.807, 2.05) is 20.9 Å². The molecule has 1 aromatic heterocycles. The Balaban J connectivity index is 2.55. The lowest BCUT2D eigenvalue weighted by molar-refractivity contribution is 0.0937. The summed E-state index contributed by atoms with van der Waals surface area (Å²) in [5.41, 5.74) is 1.52. The van der Waals surface area contributed by atoms with Gasteiger partial charge in [-0.25, -0.2) is 0 Å². The van der Waals surface area contributed by atoms with Crippen LogP contribution in [0.1, 0.15) is 35.8 Å². The molecule has 0 aliphatic carbocycles. The molecule has 0 spiro atoms. The first-order chi connectivity index (χ1) is 7.56. The van der Waals surface area contributed by atoms with Gasteiger partial charge in [-0.2, -0.15) is 5.10 Å². The lowest BCUT2D eigenvalue weighted by Gasteiger charge is -2.12. The minimum atomic E-state index is -0.0623. The molecule has 0 bridgehead atoms. The Kier molecular flexibility index (Phi) is 4.80. The van der Waals surface area contributed by atoms with Crippen molar-refractivity contribution >= 4 is 17.5 Å². The molecule has 1 N–H and O–H groups in total. The van der Waals surface area contributed by atoms with Crippen LogP contribution in [-0.2, 0) is 7.05 Å². The molecule has 0 aliphatic rings. The number of halogens is 1. The molecular weight excluding hydrogens is 226 g/mol. The fourth-order valence-corrected chi connectivity index (χ4v) is 1.63. The van der Waals surface area contributed by atoms with Crippen LogP contribution in [0.15, 0.2) is 6.20 Å². The third-order valence-electron chi connectivity index (χ3n) is 2.63. The molecular formula is C11H18ClN3O. The van der Waals surface area contributed by atoms with E-state index in [0.717, 1.165) is 18.5 Å². The van der Waals surface area contributed by atoms with Crippen molar-refractivity contribution in [1.82, 2.24) is 15.1 Å². The zero-order valence-electron chi connectivity index (χ0n) is 9.96. The summed E-state index contributed by atoms with van der Waals surface area (Å²) < 4.78 is 1.69. The lowest BCUT2D eigenvalue weighted by Crippen LogP contribution is -2.32. The highest BCUT2D eigenvalue weighted by molar-refractivity contribution is 6.17. The highest BCUT2D eigenvalue weighted by Crippen LogP contribution is 2.06. The maximum Gasteiger partial charge on any atom is 0.254 e. The van der Waals surface area contributed by atoms with Gasteiger partial charge < -0.3 is 5.32 Å². The van der Waals surface area contributed by atoms with E-state index in [-0.39, 0.29) is 11.9 Å². The molecule has 1 unspecified atom stereocenters. The second-order valence-electron chi connectivity index (χ2n) is 3.97. The first-order valence-electron chi connectivity index (χ1n) is 5.41. The third kappa shape index (κ3) is 3.23. The van der Waals surface area contributed by atoms with Gasteiger partial charge in [-0.05, 0) is 26.7 Å². The maximum atomic E-state index is 11.9. The van der Waals surface area contributed by atoms with E-state index >= 15 is 0 Å². The van der Waals surface area contributed by atoms with Crippen molar-refractivity contribution in [2.45, 2.75) is 32.7 Å². The number of hydrogen-bond acceptors (Lipinski definition) is 2. The van der Waals surface area contributed by atoms with Gasteiger partial charge in [0.2, 0.25) is 0 Å². The Morgan fingerprint density at radius 3 is 2.88 bits per heavy atom. The standard InChI is InChI=1S/C11H18ClN3O/c1-8(5-4-6-12)14-11(16)10-7-13-15(3)9(10)2/h7-8H,4-6H2,1-3H3,(H,14,16). The summed E-state index contributed by atoms with van der Waals surface area (Å²) in [6.07, 6.45) is 3.41. The number of nitrogens with zero attached hydrogens (tertiary/aromatic N) is 2. The first kappa shape index (κ1) is 13.0. The van der Waals surface area contributed by atoms with Crippen molar-refractivity contribution in [2.75, 3.05) is 5.88 Å². The van der Waals surface area contributed by atoms with Gasteiger partial charge >= 0.3 is 0 Å². The van der Waals surface area contributed by atoms with E-state index in [4.69, 9.17) is 11.6 Å². The van der Waals surface area contributed by atoms with E-state index in [0.29, 0.717) is 11.4 Å². The number of nitrogens with one attached hydrogen (secondary N) is 1. The third-order valence-corrected chi connectivity index (χ3v) is 2.90. The Labute approximate surface area is 101 Å². The van der Waals surface area contributed by atoms with E-state index in [1.54, 1.807) is 10.9 Å². The van der Waals surface area contributed by atoms with Gasteiger partial charge in [0.25, 0.3) is 5.91 Å². The van der Waals surface area contributed by atoms with Crippen molar-refractivity contribution in [3.05, 3.63) is 17.5 Å². The van der Waals surface area contributed by atoms with Crippen LogP contribution in [0, 0.1) is 6.92 Å². The van der Waals surface area contributed by atoms with Gasteiger partial charge in [0.1, 0.15) is 0 Å². The van der Waals surface area contributed by atoms with Gasteiger partial charge in [0.15, 0.2) is 0 Å². The first-order valence-corrected chi connectivity index (χ1v) is 5.95. The lowest BCUT2D eigenvalue weighted by atomic mass is 10.1. The van der Waals surface area contributed by atoms with Crippen LogP contribution >= 0.6 is 11.6 Å². The minimum absolute atomic E-state index is 0.0623. The highest BCUT2D eigenvalue weighted by atomic mass is 35.5. The van der Waals surface area contributed by atoms with Crippen molar-refractivity contribution in [2.24, 2.45) is 7.05 Å². The molecule has 0 saturated carbocycles. The summed E-state index contributed by atoms with van der Waals surface area (Å²) in [7, 11) is 1.82. The molecule has 1 amide bonds. The summed E-state index contributed by atoms with van der Waals surface area (Å²) in [4.78, 5) is 11.9. The Morgan fingerprint density at radius 2 is 2.38 bits per heavy atom. The number of carbonyl (C=O) groups excluding carboxylic acids is 1. The van der Waals surface area contributed by atoms with Crippen LogP contribution in [0.25, 0.3) is 0 Å². The molecule has 0 radical (unpaired) electrons. The molecule has 4 nitrogen and oxygen atoms in total. The quantitative estimate of drug-likeness (QED) is 0.803. The van der Waals surface area contributed by atoms with Gasteiger partial charge in [-0.3, -0.25) is 9.48 Å². The molecule has 1 aromatic rings. The average Bonchev–Trinajstić information content (AvgIpc) is 2.57. The van der Waals surface area contributed by atoms with E-state index in [1.165, 1.54) is 0 Å². The number of alkyl halides is 1. The fraction of sp³-hybridized carbons (Fsp3) is 0.636. The van der Waals surface area contributed by atoms with Crippen LogP contribution in [0.5, 0.6) is 0 Å². The van der Waals surface area contributed by atoms with Crippen molar-refractivity contribution in [1.29, 1.82) is 0 Å². The molecule has 16 heavy (non-hydrogen) atoms. The second kappa shape index (κ2) is 5.89. The molecule has 0 saturated heterocycles. The molecule has 0 aliphatic heterocycles. The molecule has 1 atom stereocenters. The maximum absolute atomic E-state index is 11.9. The monoisotopic (exact) mass is 243 g/mol. The number of aryl methyl sites for hydroxylation is 1. The molecule has 5 heteroatoms. The van der Waals surface area contributed by atoms with Gasteiger partial charge in [0, 0.05) is 24.7 Å². The van der Waals surface area contributed by atoms with E-state index < -0.39 is 0 Å². The SMILES string of the molecule is Cc1c(C(=O)NC(C)CCCCl)cnn1C. The van der Waals surface area contributed by atoms with Crippen LogP contribution in [-0.4, -0.2) is 27.6 Å². The summed E-state index contributed by atoms with van der Waals surface area (Å²) in [5, 5.41) is 6.98. The zero-order chi connectivity index (χ0) is 12.1. The van der Waals surface area contributed by atoms with Crippen LogP contribution in [0.4, 0.5) is 0 Å². The predicted octanol–water partition coefficient (Wildman–Crippen LogP) is 1.87. The predicted molar refractivity (Wildman–Crippen MR) is 64.8 cm³/mol. The normalized spacial score (nSPS) is 12.5. The molecule has 1 heterocycles. The minimum Gasteiger partial charge on any atom is -0.349 e. The van der Waals surface area contributed by atoms with E-state index in [9.17, 15) is 4.79 Å². The molecule has 1 rings (SSSR count). The van der Waals surface area contributed by atoms with Gasteiger partial charge in [0.05, 0.1) is 11.8 Å². The second-order valence-corrected chi connectivity index (χ2v) is 4.35. The number of aromatic nitrogens is 2. The smallest absolute Gasteiger partial charge is 0.254 e. The number of amides is 1.